The molecule has 232 valence electrons. The second-order valence-electron chi connectivity index (χ2n) is 14.4. The highest BCUT2D eigenvalue weighted by atomic mass is 16.3. The molecule has 0 aliphatic heterocycles. The minimum Gasteiger partial charge on any atom is -0.393 e. The molecule has 0 aromatic carbocycles. The summed E-state index contributed by atoms with van der Waals surface area (Å²) in [5, 5.41) is 20.3. The van der Waals surface area contributed by atoms with E-state index in [0.29, 0.717) is 0 Å². The monoisotopic (exact) mass is 572 g/mol. The van der Waals surface area contributed by atoms with Crippen LogP contribution in [-0.2, 0) is 0 Å². The standard InChI is InChI=1S/C40H60O2/c1-29(17-13-19-31(3)21-23-37-33(5)25-35(41)27-39(37,7)8)15-11-12-16-30(2)18-14-20-32(4)22-24-38-34(6)26-36(42)28-40(38,9)10/h11-20,35-36,41-42H,21-28H2,1-10H3/b12-11+,17-13+,18-14+,29-15+,30-16+,31-19+,32-20+/t35-,36-/m0/s1. The van der Waals surface area contributed by atoms with Gasteiger partial charge in [0.15, 0.2) is 0 Å². The zero-order valence-electron chi connectivity index (χ0n) is 28.5. The average Bonchev–Trinajstić information content (AvgIpc) is 2.84. The summed E-state index contributed by atoms with van der Waals surface area (Å²) in [7, 11) is 0. The van der Waals surface area contributed by atoms with Crippen molar-refractivity contribution in [2.45, 2.75) is 133 Å². The number of rotatable bonds is 12. The third kappa shape index (κ3) is 12.1. The number of hydrogen-bond donors (Lipinski definition) is 2. The molecule has 2 N–H and O–H groups in total. The lowest BCUT2D eigenvalue weighted by atomic mass is 9.70. The summed E-state index contributed by atoms with van der Waals surface area (Å²) in [6.07, 6.45) is 28.9. The van der Waals surface area contributed by atoms with Gasteiger partial charge in [-0.2, -0.15) is 0 Å². The van der Waals surface area contributed by atoms with Crippen LogP contribution in [0.3, 0.4) is 0 Å². The van der Waals surface area contributed by atoms with E-state index in [1.165, 1.54) is 44.6 Å². The molecule has 0 saturated heterocycles. The van der Waals surface area contributed by atoms with E-state index in [-0.39, 0.29) is 23.0 Å². The van der Waals surface area contributed by atoms with Crippen LogP contribution in [0.4, 0.5) is 0 Å². The zero-order valence-corrected chi connectivity index (χ0v) is 28.5. The summed E-state index contributed by atoms with van der Waals surface area (Å²) < 4.78 is 0. The fraction of sp³-hybridized carbons (Fsp3) is 0.550. The van der Waals surface area contributed by atoms with E-state index in [0.717, 1.165) is 51.4 Å². The fourth-order valence-corrected chi connectivity index (χ4v) is 6.85. The van der Waals surface area contributed by atoms with E-state index in [1.807, 2.05) is 0 Å². The first-order valence-electron chi connectivity index (χ1n) is 16.0. The Hall–Kier alpha value is -2.42. The molecule has 0 spiro atoms. The van der Waals surface area contributed by atoms with Crippen molar-refractivity contribution in [2.75, 3.05) is 0 Å². The van der Waals surface area contributed by atoms with Crippen molar-refractivity contribution in [3.8, 4) is 0 Å². The van der Waals surface area contributed by atoms with Crippen LogP contribution < -0.4 is 0 Å². The molecule has 0 aromatic rings. The van der Waals surface area contributed by atoms with Crippen molar-refractivity contribution >= 4 is 0 Å². The van der Waals surface area contributed by atoms with Gasteiger partial charge in [-0.05, 0) is 104 Å². The fourth-order valence-electron chi connectivity index (χ4n) is 6.85. The van der Waals surface area contributed by atoms with Crippen molar-refractivity contribution in [3.05, 3.63) is 105 Å². The van der Waals surface area contributed by atoms with Crippen LogP contribution in [0.5, 0.6) is 0 Å². The van der Waals surface area contributed by atoms with E-state index < -0.39 is 0 Å². The number of aliphatic hydroxyl groups is 2. The summed E-state index contributed by atoms with van der Waals surface area (Å²) >= 11 is 0. The predicted molar refractivity (Wildman–Crippen MR) is 184 cm³/mol. The molecule has 2 aliphatic carbocycles. The highest BCUT2D eigenvalue weighted by Crippen LogP contribution is 2.44. The van der Waals surface area contributed by atoms with Crippen molar-refractivity contribution in [1.29, 1.82) is 0 Å². The van der Waals surface area contributed by atoms with Gasteiger partial charge in [0.05, 0.1) is 12.2 Å². The molecule has 2 rings (SSSR count). The summed E-state index contributed by atoms with van der Waals surface area (Å²) in [5.74, 6) is 0. The molecule has 2 aliphatic rings. The van der Waals surface area contributed by atoms with Crippen molar-refractivity contribution in [2.24, 2.45) is 10.8 Å². The molecule has 0 saturated carbocycles. The maximum Gasteiger partial charge on any atom is 0.0585 e. The van der Waals surface area contributed by atoms with Gasteiger partial charge in [0, 0.05) is 0 Å². The summed E-state index contributed by atoms with van der Waals surface area (Å²) in [4.78, 5) is 0. The quantitative estimate of drug-likeness (QED) is 0.180. The minimum atomic E-state index is -0.191. The van der Waals surface area contributed by atoms with Gasteiger partial charge in [-0.3, -0.25) is 0 Å². The lowest BCUT2D eigenvalue weighted by Gasteiger charge is -2.37. The number of aliphatic hydroxyl groups excluding tert-OH is 2. The van der Waals surface area contributed by atoms with Crippen LogP contribution in [-0.4, -0.2) is 22.4 Å². The van der Waals surface area contributed by atoms with E-state index in [2.05, 4.69) is 130 Å². The summed E-state index contributed by atoms with van der Waals surface area (Å²) in [5.41, 5.74) is 11.2. The van der Waals surface area contributed by atoms with Crippen molar-refractivity contribution < 1.29 is 10.2 Å². The maximum absolute atomic E-state index is 10.1. The van der Waals surface area contributed by atoms with Crippen LogP contribution in [0.15, 0.2) is 105 Å². The van der Waals surface area contributed by atoms with Gasteiger partial charge in [0.2, 0.25) is 0 Å². The van der Waals surface area contributed by atoms with Crippen LogP contribution >= 0.6 is 0 Å². The first kappa shape index (κ1) is 35.8. The van der Waals surface area contributed by atoms with E-state index in [9.17, 15) is 10.2 Å². The Morgan fingerprint density at radius 1 is 0.619 bits per heavy atom. The Balaban J connectivity index is 1.82. The third-order valence-electron chi connectivity index (χ3n) is 9.09. The van der Waals surface area contributed by atoms with Gasteiger partial charge in [-0.25, -0.2) is 0 Å². The molecule has 0 bridgehead atoms. The molecular formula is C40H60O2. The third-order valence-corrected chi connectivity index (χ3v) is 9.09. The molecule has 0 heterocycles. The van der Waals surface area contributed by atoms with E-state index in [1.54, 1.807) is 0 Å². The van der Waals surface area contributed by atoms with Gasteiger partial charge < -0.3 is 10.2 Å². The van der Waals surface area contributed by atoms with Crippen LogP contribution in [0.1, 0.15) is 121 Å². The first-order valence-corrected chi connectivity index (χ1v) is 16.0. The van der Waals surface area contributed by atoms with Crippen LogP contribution in [0.2, 0.25) is 0 Å². The van der Waals surface area contributed by atoms with Crippen LogP contribution in [0, 0.1) is 10.8 Å². The van der Waals surface area contributed by atoms with Gasteiger partial charge in [-0.1, -0.05) is 133 Å². The molecular weight excluding hydrogens is 512 g/mol. The molecule has 0 amide bonds. The Kier molecular flexibility index (Phi) is 14.0. The van der Waals surface area contributed by atoms with Gasteiger partial charge in [0.25, 0.3) is 0 Å². The van der Waals surface area contributed by atoms with Crippen molar-refractivity contribution in [3.63, 3.8) is 0 Å². The lowest BCUT2D eigenvalue weighted by Crippen LogP contribution is -2.29. The van der Waals surface area contributed by atoms with Gasteiger partial charge in [-0.15, -0.1) is 0 Å². The number of hydrogen-bond acceptors (Lipinski definition) is 2. The minimum absolute atomic E-state index is 0.0949. The topological polar surface area (TPSA) is 40.5 Å². The van der Waals surface area contributed by atoms with Crippen LogP contribution in [0.25, 0.3) is 0 Å². The molecule has 0 fully saturated rings. The summed E-state index contributed by atoms with van der Waals surface area (Å²) in [6.45, 7) is 22.2. The smallest absolute Gasteiger partial charge is 0.0585 e. The lowest BCUT2D eigenvalue weighted by molar-refractivity contribution is 0.112. The Morgan fingerprint density at radius 3 is 1.31 bits per heavy atom. The number of allylic oxidation sites excluding steroid dienone is 16. The second-order valence-corrected chi connectivity index (χ2v) is 14.4. The largest absolute Gasteiger partial charge is 0.393 e. The highest BCUT2D eigenvalue weighted by Gasteiger charge is 2.33. The van der Waals surface area contributed by atoms with E-state index in [4.69, 9.17) is 0 Å². The average molecular weight is 573 g/mol. The van der Waals surface area contributed by atoms with Crippen molar-refractivity contribution in [1.82, 2.24) is 0 Å². The Labute approximate surface area is 258 Å². The second kappa shape index (κ2) is 16.4. The molecule has 0 radical (unpaired) electrons. The molecule has 0 aromatic heterocycles. The zero-order chi connectivity index (χ0) is 31.5. The molecule has 2 nitrogen and oxygen atoms in total. The summed E-state index contributed by atoms with van der Waals surface area (Å²) in [6, 6.07) is 0. The van der Waals surface area contributed by atoms with Gasteiger partial charge >= 0.3 is 0 Å². The first-order chi connectivity index (χ1) is 19.6. The Morgan fingerprint density at radius 2 is 0.976 bits per heavy atom. The SMILES string of the molecule is CC1=C(CC/C(C)=C/C=C/C(C)=C/C=C/C=C(C)/C=C/C=C(\C)CCC2=C(C)C[C@H](O)CC2(C)C)C(C)(C)C[C@@H](O)C1. The normalized spacial score (nSPS) is 24.7. The molecule has 42 heavy (non-hydrogen) atoms. The Bertz CT molecular complexity index is 1110. The molecule has 2 atom stereocenters. The molecule has 2 heteroatoms. The van der Waals surface area contributed by atoms with Gasteiger partial charge in [0.1, 0.15) is 0 Å². The maximum atomic E-state index is 10.1. The van der Waals surface area contributed by atoms with E-state index >= 15 is 0 Å². The predicted octanol–water partition coefficient (Wildman–Crippen LogP) is 11.0. The molecule has 0 unspecified atom stereocenters. The highest BCUT2D eigenvalue weighted by molar-refractivity contribution is 5.31.